The molecule has 0 amide bonds. The molecule has 22 heavy (non-hydrogen) atoms. The summed E-state index contributed by atoms with van der Waals surface area (Å²) < 4.78 is 50.4. The second kappa shape index (κ2) is 10.8. The van der Waals surface area contributed by atoms with Crippen LogP contribution in [0.4, 0.5) is 13.2 Å². The Bertz CT molecular complexity index is 438. The zero-order valence-electron chi connectivity index (χ0n) is 13.3. The first-order valence-corrected chi connectivity index (χ1v) is 9.35. The molecule has 0 unspecified atom stereocenters. The molecule has 0 aliphatic carbocycles. The van der Waals surface area contributed by atoms with Gasteiger partial charge in [-0.1, -0.05) is 19.3 Å². The van der Waals surface area contributed by atoms with Crippen LogP contribution in [0.1, 0.15) is 45.1 Å². The minimum absolute atomic E-state index is 0.243. The summed E-state index contributed by atoms with van der Waals surface area (Å²) in [5.41, 5.74) is 0.243. The second-order valence-electron chi connectivity index (χ2n) is 5.01. The molecule has 2 nitrogen and oxygen atoms in total. The molecule has 0 heterocycles. The van der Waals surface area contributed by atoms with Crippen molar-refractivity contribution in [3.8, 4) is 0 Å². The molecule has 0 aliphatic heterocycles. The Morgan fingerprint density at radius 1 is 0.818 bits per heavy atom. The maximum Gasteiger partial charge on any atom is 0.384 e. The van der Waals surface area contributed by atoms with Gasteiger partial charge in [-0.05, 0) is 44.4 Å². The highest BCUT2D eigenvalue weighted by Gasteiger charge is 2.13. The number of halogens is 3. The van der Waals surface area contributed by atoms with Crippen LogP contribution >= 0.6 is 0 Å². The molecule has 0 spiro atoms. The van der Waals surface area contributed by atoms with Crippen LogP contribution in [-0.4, -0.2) is 22.5 Å². The van der Waals surface area contributed by atoms with Crippen LogP contribution in [0.5, 0.6) is 0 Å². The Labute approximate surface area is 132 Å². The lowest BCUT2D eigenvalue weighted by molar-refractivity contribution is 0.212. The summed E-state index contributed by atoms with van der Waals surface area (Å²) in [6, 6.07) is 2.51. The molecule has 6 heteroatoms. The van der Waals surface area contributed by atoms with Crippen molar-refractivity contribution >= 4 is 9.28 Å². The maximum atomic E-state index is 13.4. The standard InChI is InChI=1S/C16H24F3O2Si/c1-3-20-22(21-4-2)10-8-6-5-7-9-13-11-15(18)16(19)12-14(13)17/h11-12H,3-10H2,1-2H3. The minimum Gasteiger partial charge on any atom is -0.394 e. The highest BCUT2D eigenvalue weighted by atomic mass is 28.3. The first-order chi connectivity index (χ1) is 10.6. The normalized spacial score (nSPS) is 11.4. The Morgan fingerprint density at radius 2 is 1.41 bits per heavy atom. The third-order valence-electron chi connectivity index (χ3n) is 3.28. The molecule has 0 aromatic heterocycles. The van der Waals surface area contributed by atoms with Gasteiger partial charge in [0.25, 0.3) is 0 Å². The molecular weight excluding hydrogens is 309 g/mol. The second-order valence-corrected chi connectivity index (χ2v) is 6.83. The molecule has 1 aromatic carbocycles. The van der Waals surface area contributed by atoms with Gasteiger partial charge < -0.3 is 8.85 Å². The van der Waals surface area contributed by atoms with E-state index in [1.807, 2.05) is 13.8 Å². The predicted octanol–water partition coefficient (Wildman–Crippen LogP) is 4.77. The van der Waals surface area contributed by atoms with Gasteiger partial charge >= 0.3 is 9.28 Å². The lowest BCUT2D eigenvalue weighted by Crippen LogP contribution is -2.22. The lowest BCUT2D eigenvalue weighted by atomic mass is 10.1. The van der Waals surface area contributed by atoms with Crippen LogP contribution in [0, 0.1) is 17.5 Å². The van der Waals surface area contributed by atoms with E-state index in [4.69, 9.17) is 8.85 Å². The molecule has 125 valence electrons. The van der Waals surface area contributed by atoms with Crippen LogP contribution in [-0.2, 0) is 15.3 Å². The zero-order chi connectivity index (χ0) is 16.4. The molecular formula is C16H24F3O2Si. The molecule has 1 rings (SSSR count). The summed E-state index contributed by atoms with van der Waals surface area (Å²) in [7, 11) is -1.15. The highest BCUT2D eigenvalue weighted by molar-refractivity contribution is 6.44. The van der Waals surface area contributed by atoms with E-state index in [0.717, 1.165) is 37.8 Å². The van der Waals surface area contributed by atoms with E-state index in [0.29, 0.717) is 25.7 Å². The summed E-state index contributed by atoms with van der Waals surface area (Å²) >= 11 is 0. The smallest absolute Gasteiger partial charge is 0.384 e. The van der Waals surface area contributed by atoms with E-state index in [2.05, 4.69) is 0 Å². The van der Waals surface area contributed by atoms with Crippen molar-refractivity contribution in [2.24, 2.45) is 0 Å². The topological polar surface area (TPSA) is 18.5 Å². The van der Waals surface area contributed by atoms with Gasteiger partial charge in [-0.15, -0.1) is 0 Å². The molecule has 0 bridgehead atoms. The van der Waals surface area contributed by atoms with Crippen LogP contribution < -0.4 is 0 Å². The molecule has 1 aromatic rings. The maximum absolute atomic E-state index is 13.4. The quantitative estimate of drug-likeness (QED) is 0.330. The van der Waals surface area contributed by atoms with Gasteiger partial charge in [0.1, 0.15) is 5.82 Å². The Kier molecular flexibility index (Phi) is 9.43. The van der Waals surface area contributed by atoms with Gasteiger partial charge in [-0.3, -0.25) is 0 Å². The Morgan fingerprint density at radius 3 is 2.05 bits per heavy atom. The average Bonchev–Trinajstić information content (AvgIpc) is 2.48. The SMILES string of the molecule is CCO[Si](CCCCCCc1cc(F)c(F)cc1F)OCC. The molecule has 0 atom stereocenters. The fourth-order valence-electron chi connectivity index (χ4n) is 2.20. The van der Waals surface area contributed by atoms with Crippen LogP contribution in [0.25, 0.3) is 0 Å². The van der Waals surface area contributed by atoms with Gasteiger partial charge in [0, 0.05) is 19.3 Å². The van der Waals surface area contributed by atoms with E-state index in [-0.39, 0.29) is 5.56 Å². The molecule has 0 saturated carbocycles. The fraction of sp³-hybridized carbons (Fsp3) is 0.625. The number of hydrogen-bond acceptors (Lipinski definition) is 2. The van der Waals surface area contributed by atoms with E-state index in [1.54, 1.807) is 0 Å². The summed E-state index contributed by atoms with van der Waals surface area (Å²) in [5.74, 6) is -2.79. The molecule has 0 fully saturated rings. The summed E-state index contributed by atoms with van der Waals surface area (Å²) in [4.78, 5) is 0. The highest BCUT2D eigenvalue weighted by Crippen LogP contribution is 2.17. The first kappa shape index (κ1) is 19.2. The van der Waals surface area contributed by atoms with Gasteiger partial charge in [-0.2, -0.15) is 0 Å². The van der Waals surface area contributed by atoms with Crippen molar-refractivity contribution in [3.05, 3.63) is 35.1 Å². The minimum atomic E-state index is -1.15. The monoisotopic (exact) mass is 333 g/mol. The van der Waals surface area contributed by atoms with Crippen molar-refractivity contribution < 1.29 is 22.0 Å². The largest absolute Gasteiger partial charge is 0.394 e. The van der Waals surface area contributed by atoms with Gasteiger partial charge in [-0.25, -0.2) is 13.2 Å². The van der Waals surface area contributed by atoms with Crippen LogP contribution in [0.3, 0.4) is 0 Å². The number of unbranched alkanes of at least 4 members (excludes halogenated alkanes) is 3. The molecule has 0 N–H and O–H groups in total. The van der Waals surface area contributed by atoms with Gasteiger partial charge in [0.15, 0.2) is 11.6 Å². The van der Waals surface area contributed by atoms with Crippen molar-refractivity contribution in [2.75, 3.05) is 13.2 Å². The fourth-order valence-corrected chi connectivity index (χ4v) is 3.76. The molecule has 1 radical (unpaired) electrons. The van der Waals surface area contributed by atoms with E-state index < -0.39 is 26.7 Å². The van der Waals surface area contributed by atoms with Crippen LogP contribution in [0.2, 0.25) is 6.04 Å². The number of rotatable bonds is 11. The van der Waals surface area contributed by atoms with E-state index >= 15 is 0 Å². The van der Waals surface area contributed by atoms with Crippen molar-refractivity contribution in [1.29, 1.82) is 0 Å². The van der Waals surface area contributed by atoms with Crippen LogP contribution in [0.15, 0.2) is 12.1 Å². The third-order valence-corrected chi connectivity index (χ3v) is 5.26. The number of hydrogen-bond donors (Lipinski definition) is 0. The van der Waals surface area contributed by atoms with Crippen molar-refractivity contribution in [2.45, 2.75) is 52.0 Å². The number of aryl methyl sites for hydroxylation is 1. The van der Waals surface area contributed by atoms with Gasteiger partial charge in [0.2, 0.25) is 0 Å². The zero-order valence-corrected chi connectivity index (χ0v) is 14.3. The molecule has 0 saturated heterocycles. The van der Waals surface area contributed by atoms with Crippen molar-refractivity contribution in [3.63, 3.8) is 0 Å². The first-order valence-electron chi connectivity index (χ1n) is 7.83. The van der Waals surface area contributed by atoms with E-state index in [1.165, 1.54) is 0 Å². The summed E-state index contributed by atoms with van der Waals surface area (Å²) in [6.45, 7) is 5.26. The summed E-state index contributed by atoms with van der Waals surface area (Å²) in [5, 5.41) is 0. The summed E-state index contributed by atoms with van der Waals surface area (Å²) in [6.07, 6.45) is 4.12. The van der Waals surface area contributed by atoms with Crippen molar-refractivity contribution in [1.82, 2.24) is 0 Å². The predicted molar refractivity (Wildman–Crippen MR) is 82.3 cm³/mol. The third kappa shape index (κ3) is 6.94. The lowest BCUT2D eigenvalue weighted by Gasteiger charge is -2.12. The molecule has 0 aliphatic rings. The van der Waals surface area contributed by atoms with E-state index in [9.17, 15) is 13.2 Å². The van der Waals surface area contributed by atoms with Gasteiger partial charge in [0.05, 0.1) is 0 Å². The number of benzene rings is 1. The Hall–Kier alpha value is -0.853. The average molecular weight is 333 g/mol. The Balaban J connectivity index is 2.21.